The molecular formula is C142H118F6N2. The first-order valence-corrected chi connectivity index (χ1v) is 51.2. The summed E-state index contributed by atoms with van der Waals surface area (Å²) in [6.07, 6.45) is -2.54. The van der Waals surface area contributed by atoms with Gasteiger partial charge in [0, 0.05) is 35.9 Å². The number of halogens is 6. The topological polar surface area (TPSA) is 25.8 Å². The van der Waals surface area contributed by atoms with E-state index in [0.29, 0.717) is 16.7 Å². The van der Waals surface area contributed by atoms with Crippen LogP contribution in [-0.4, -0.2) is 9.97 Å². The van der Waals surface area contributed by atoms with Gasteiger partial charge in [-0.2, -0.15) is 26.3 Å². The van der Waals surface area contributed by atoms with E-state index in [1.54, 1.807) is 24.3 Å². The molecule has 8 heteroatoms. The van der Waals surface area contributed by atoms with Crippen molar-refractivity contribution in [3.8, 4) is 200 Å². The van der Waals surface area contributed by atoms with Gasteiger partial charge in [0.1, 0.15) is 0 Å². The first kappa shape index (κ1) is 102. The number of pyridine rings is 2. The molecule has 738 valence electrons. The predicted octanol–water partition coefficient (Wildman–Crippen LogP) is 40.8. The highest BCUT2D eigenvalue weighted by Crippen LogP contribution is 2.55. The van der Waals surface area contributed by atoms with Crippen molar-refractivity contribution in [2.24, 2.45) is 0 Å². The fraction of sp³-hybridized carbons (Fsp3) is 0.127. The molecule has 0 bridgehead atoms. The van der Waals surface area contributed by atoms with Crippen LogP contribution in [0.25, 0.3) is 200 Å². The molecule has 0 amide bonds. The Morgan fingerprint density at radius 1 is 0.127 bits per heavy atom. The van der Waals surface area contributed by atoms with Gasteiger partial charge in [-0.3, -0.25) is 9.97 Å². The van der Waals surface area contributed by atoms with Crippen LogP contribution in [0.3, 0.4) is 0 Å². The molecule has 0 fully saturated rings. The molecule has 0 saturated heterocycles. The minimum atomic E-state index is -5.10. The number of aromatic nitrogens is 2. The monoisotopic (exact) mass is 1960 g/mol. The molecule has 21 aromatic rings. The van der Waals surface area contributed by atoms with Crippen molar-refractivity contribution in [1.29, 1.82) is 0 Å². The molecule has 0 aliphatic rings. The SMILES string of the molecule is Cc1cc(C)c(-c2cc(-c3ccccc3C)c(-c3cc(-c4ccccc4)c(C(F)(F)F)cc3C(F)(F)F)cc2-c2ccccc2C)cc1-c1ccccc1.Cc1cc(C)c(-c2cc(-c3ccccc3C)c(-c3cc(-c4ccccc4)c(C)cc3C)cc2-c2ccccc2C)cc1-c1ccccc1.Cc1cc(C)c(-c2cc(-c3ccccc3C)c(-c3cc(-c4cccnc4)c(C)cc3C)cc2-c2ccccc2C)cc1-c1cccnc1. The van der Waals surface area contributed by atoms with Crippen molar-refractivity contribution < 1.29 is 26.3 Å². The van der Waals surface area contributed by atoms with Gasteiger partial charge in [0.05, 0.1) is 11.1 Å². The Balaban J connectivity index is 0.000000141. The molecule has 0 spiro atoms. The number of rotatable bonds is 18. The fourth-order valence-electron chi connectivity index (χ4n) is 22.0. The van der Waals surface area contributed by atoms with E-state index in [1.807, 2.05) is 143 Å². The highest BCUT2D eigenvalue weighted by molar-refractivity contribution is 6.04. The Morgan fingerprint density at radius 3 is 0.493 bits per heavy atom. The molecule has 0 aliphatic carbocycles. The van der Waals surface area contributed by atoms with E-state index in [0.717, 1.165) is 67.3 Å². The third-order valence-electron chi connectivity index (χ3n) is 29.7. The largest absolute Gasteiger partial charge is 0.417 e. The number of nitrogens with zero attached hydrogens (tertiary/aromatic N) is 2. The molecule has 21 rings (SSSR count). The third kappa shape index (κ3) is 21.0. The lowest BCUT2D eigenvalue weighted by atomic mass is 9.80. The molecule has 150 heavy (non-hydrogen) atoms. The van der Waals surface area contributed by atoms with E-state index in [-0.39, 0.29) is 28.3 Å². The zero-order valence-electron chi connectivity index (χ0n) is 87.6. The number of benzene rings is 19. The quantitative estimate of drug-likeness (QED) is 0.0800. The summed E-state index contributed by atoms with van der Waals surface area (Å²) in [4.78, 5) is 8.90. The Labute approximate surface area is 879 Å². The first-order valence-electron chi connectivity index (χ1n) is 51.2. The molecule has 0 unspecified atom stereocenters. The van der Waals surface area contributed by atoms with Crippen LogP contribution in [0.1, 0.15) is 100 Å². The van der Waals surface area contributed by atoms with Crippen molar-refractivity contribution >= 4 is 0 Å². The van der Waals surface area contributed by atoms with Gasteiger partial charge in [-0.15, -0.1) is 0 Å². The third-order valence-corrected chi connectivity index (χ3v) is 29.7. The summed E-state index contributed by atoms with van der Waals surface area (Å²) < 4.78 is 89.6. The number of aryl methyl sites for hydroxylation is 16. The minimum absolute atomic E-state index is 0.164. The van der Waals surface area contributed by atoms with Crippen molar-refractivity contribution in [3.05, 3.63) is 525 Å². The molecule has 2 aromatic heterocycles. The van der Waals surface area contributed by atoms with Gasteiger partial charge < -0.3 is 0 Å². The Morgan fingerprint density at radius 2 is 0.287 bits per heavy atom. The molecule has 0 radical (unpaired) electrons. The second-order valence-electron chi connectivity index (χ2n) is 40.0. The summed E-state index contributed by atoms with van der Waals surface area (Å²) in [5.41, 5.74) is 51.9. The van der Waals surface area contributed by atoms with E-state index in [9.17, 15) is 13.2 Å². The fourth-order valence-corrected chi connectivity index (χ4v) is 22.0. The number of hydrogen-bond acceptors (Lipinski definition) is 2. The summed E-state index contributed by atoms with van der Waals surface area (Å²) in [7, 11) is 0. The lowest BCUT2D eigenvalue weighted by molar-refractivity contribution is -0.142. The summed E-state index contributed by atoms with van der Waals surface area (Å²) in [5, 5.41) is 0. The van der Waals surface area contributed by atoms with Gasteiger partial charge in [0.15, 0.2) is 0 Å². The van der Waals surface area contributed by atoms with Crippen LogP contribution >= 0.6 is 0 Å². The first-order chi connectivity index (χ1) is 72.3. The van der Waals surface area contributed by atoms with Crippen molar-refractivity contribution in [2.75, 3.05) is 0 Å². The Kier molecular flexibility index (Phi) is 29.3. The molecule has 0 N–H and O–H groups in total. The second-order valence-corrected chi connectivity index (χ2v) is 40.0. The van der Waals surface area contributed by atoms with Crippen molar-refractivity contribution in [3.63, 3.8) is 0 Å². The normalized spacial score (nSPS) is 11.4. The Hall–Kier alpha value is -16.9. The number of hydrogen-bond donors (Lipinski definition) is 0. The van der Waals surface area contributed by atoms with E-state index in [1.165, 1.54) is 201 Å². The van der Waals surface area contributed by atoms with Crippen molar-refractivity contribution in [2.45, 2.75) is 123 Å². The second kappa shape index (κ2) is 43.2. The van der Waals surface area contributed by atoms with Crippen LogP contribution in [0.15, 0.2) is 425 Å². The van der Waals surface area contributed by atoms with Crippen LogP contribution in [0, 0.1) is 111 Å². The summed E-state index contributed by atoms with van der Waals surface area (Å²) in [6.45, 7) is 34.6. The standard InChI is InChI=1S/C48H36F6.C48H42.C46H40N2/c1-29-15-11-13-21-35(29)40-27-43(44-25-39(34-19-9-6-10-20-34)45(47(49,50)51)28-46(44)48(52,53)54)41(36-22-14-12-16-30(36)2)26-42(40)38-24-37(31(3)23-32(38)4)33-17-7-5-8-18-33;1-31-17-13-15-23-39(31)45-29-48(44-28-42(34(4)26-36(44)6)38-21-11-8-12-22-38)46(40-24-16-14-18-32(40)2)30-47(45)43-27-41(33(3)25-35(43)5)37-19-9-7-10-20-37;1-29-13-7-9-17-37(29)43-25-46(42-24-40(32(4)22-34(42)6)36-16-12-20-48-28-36)44(38-18-10-8-14-30(38)2)26-45(43)41-23-39(31(3)21-33(41)5)35-15-11-19-47-27-35/h5-28H,1-4H3;7-30H,1-6H3;7-28H,1-6H3. The van der Waals surface area contributed by atoms with Gasteiger partial charge in [0.25, 0.3) is 0 Å². The van der Waals surface area contributed by atoms with Gasteiger partial charge in [0.2, 0.25) is 0 Å². The van der Waals surface area contributed by atoms with Gasteiger partial charge in [-0.25, -0.2) is 0 Å². The molecule has 2 nitrogen and oxygen atoms in total. The van der Waals surface area contributed by atoms with E-state index >= 15 is 13.2 Å². The molecule has 2 heterocycles. The average molecular weight is 1970 g/mol. The van der Waals surface area contributed by atoms with E-state index < -0.39 is 23.5 Å². The molecule has 0 saturated carbocycles. The van der Waals surface area contributed by atoms with Gasteiger partial charge >= 0.3 is 12.4 Å². The smallest absolute Gasteiger partial charge is 0.264 e. The summed E-state index contributed by atoms with van der Waals surface area (Å²) >= 11 is 0. The van der Waals surface area contributed by atoms with Crippen LogP contribution in [0.2, 0.25) is 0 Å². The lowest BCUT2D eigenvalue weighted by Gasteiger charge is -2.25. The lowest BCUT2D eigenvalue weighted by Crippen LogP contribution is -2.14. The highest BCUT2D eigenvalue weighted by Gasteiger charge is 2.42. The van der Waals surface area contributed by atoms with E-state index in [4.69, 9.17) is 0 Å². The maximum Gasteiger partial charge on any atom is 0.417 e. The summed E-state index contributed by atoms with van der Waals surface area (Å²) in [5.74, 6) is 0. The molecule has 19 aromatic carbocycles. The van der Waals surface area contributed by atoms with Crippen LogP contribution in [0.4, 0.5) is 26.3 Å². The molecule has 0 aliphatic heterocycles. The zero-order valence-corrected chi connectivity index (χ0v) is 87.6. The summed E-state index contributed by atoms with van der Waals surface area (Å²) in [6, 6.07) is 136. The van der Waals surface area contributed by atoms with Crippen molar-refractivity contribution in [1.82, 2.24) is 9.97 Å². The maximum absolute atomic E-state index is 15.2. The van der Waals surface area contributed by atoms with Gasteiger partial charge in [-0.05, 0) is 480 Å². The predicted molar refractivity (Wildman–Crippen MR) is 619 cm³/mol. The van der Waals surface area contributed by atoms with Gasteiger partial charge in [-0.1, -0.05) is 309 Å². The average Bonchev–Trinajstić information content (AvgIpc) is 0.710. The highest BCUT2D eigenvalue weighted by atomic mass is 19.4. The van der Waals surface area contributed by atoms with Crippen LogP contribution in [0.5, 0.6) is 0 Å². The van der Waals surface area contributed by atoms with Crippen LogP contribution in [-0.2, 0) is 12.4 Å². The van der Waals surface area contributed by atoms with E-state index in [2.05, 4.69) is 355 Å². The maximum atomic E-state index is 15.2. The number of alkyl halides is 6. The zero-order chi connectivity index (χ0) is 105. The Bertz CT molecular complexity index is 8000. The molecular weight excluding hydrogens is 1850 g/mol. The molecule has 0 atom stereocenters. The van der Waals surface area contributed by atoms with Crippen LogP contribution < -0.4 is 0 Å². The minimum Gasteiger partial charge on any atom is -0.264 e.